The number of hydrogen-bond donors (Lipinski definition) is 0. The van der Waals surface area contributed by atoms with E-state index >= 15 is 0 Å². The molecule has 3 aromatic rings. The molecule has 5 nitrogen and oxygen atoms in total. The van der Waals surface area contributed by atoms with Gasteiger partial charge in [0.05, 0.1) is 6.54 Å². The van der Waals surface area contributed by atoms with Gasteiger partial charge < -0.3 is 4.52 Å². The second kappa shape index (κ2) is 7.33. The first-order chi connectivity index (χ1) is 12.3. The molecule has 4 rings (SSSR count). The number of piperidine rings is 1. The average Bonchev–Trinajstić information content (AvgIpc) is 3.12. The molecule has 1 atom stereocenters. The Hall–Kier alpha value is -2.24. The number of rotatable bonds is 4. The Bertz CT molecular complexity index is 819. The second-order valence-corrected chi connectivity index (χ2v) is 6.79. The first-order valence-electron chi connectivity index (χ1n) is 8.50. The highest BCUT2D eigenvalue weighted by Crippen LogP contribution is 2.28. The van der Waals surface area contributed by atoms with Gasteiger partial charge in [-0.1, -0.05) is 35.0 Å². The van der Waals surface area contributed by atoms with Crippen LogP contribution in [0.2, 0.25) is 5.02 Å². The molecular weight excluding hydrogens is 336 g/mol. The summed E-state index contributed by atoms with van der Waals surface area (Å²) in [5.41, 5.74) is 2.07. The van der Waals surface area contributed by atoms with E-state index in [9.17, 15) is 0 Å². The minimum absolute atomic E-state index is 0.518. The molecule has 2 aromatic heterocycles. The minimum Gasteiger partial charge on any atom is -0.337 e. The van der Waals surface area contributed by atoms with E-state index in [1.807, 2.05) is 30.3 Å². The number of hydrogen-bond acceptors (Lipinski definition) is 5. The van der Waals surface area contributed by atoms with Crippen molar-refractivity contribution in [1.82, 2.24) is 20.0 Å². The zero-order valence-corrected chi connectivity index (χ0v) is 14.6. The Labute approximate surface area is 151 Å². The highest BCUT2D eigenvalue weighted by Gasteiger charge is 2.23. The third-order valence-corrected chi connectivity index (χ3v) is 4.82. The van der Waals surface area contributed by atoms with Crippen molar-refractivity contribution in [2.24, 2.45) is 0 Å². The van der Waals surface area contributed by atoms with Gasteiger partial charge in [-0.05, 0) is 55.1 Å². The fourth-order valence-electron chi connectivity index (χ4n) is 3.32. The Morgan fingerprint density at radius 2 is 2.04 bits per heavy atom. The maximum atomic E-state index is 6.00. The Kier molecular flexibility index (Phi) is 4.76. The van der Waals surface area contributed by atoms with Gasteiger partial charge in [0.15, 0.2) is 0 Å². The van der Waals surface area contributed by atoms with Crippen LogP contribution in [0.15, 0.2) is 53.2 Å². The SMILES string of the molecule is Clc1ccc([C@@H]2CCCN(Cc3nc(-c4ccccn4)no3)C2)cc1. The molecule has 1 aliphatic heterocycles. The van der Waals surface area contributed by atoms with Crippen molar-refractivity contribution in [2.45, 2.75) is 25.3 Å². The lowest BCUT2D eigenvalue weighted by atomic mass is 9.91. The predicted octanol–water partition coefficient (Wildman–Crippen LogP) is 4.16. The summed E-state index contributed by atoms with van der Waals surface area (Å²) in [6, 6.07) is 13.9. The summed E-state index contributed by atoms with van der Waals surface area (Å²) in [6.07, 6.45) is 4.09. The summed E-state index contributed by atoms with van der Waals surface area (Å²) in [4.78, 5) is 11.1. The van der Waals surface area contributed by atoms with Crippen LogP contribution in [-0.4, -0.2) is 33.1 Å². The lowest BCUT2D eigenvalue weighted by Crippen LogP contribution is -2.34. The minimum atomic E-state index is 0.518. The topological polar surface area (TPSA) is 55.1 Å². The van der Waals surface area contributed by atoms with Crippen molar-refractivity contribution in [1.29, 1.82) is 0 Å². The fraction of sp³-hybridized carbons (Fsp3) is 0.316. The van der Waals surface area contributed by atoms with Crippen LogP contribution in [0.25, 0.3) is 11.5 Å². The lowest BCUT2D eigenvalue weighted by Gasteiger charge is -2.32. The molecule has 0 aliphatic carbocycles. The molecule has 0 spiro atoms. The molecule has 0 amide bonds. The average molecular weight is 355 g/mol. The van der Waals surface area contributed by atoms with Gasteiger partial charge in [-0.3, -0.25) is 9.88 Å². The third kappa shape index (κ3) is 3.89. The van der Waals surface area contributed by atoms with Crippen LogP contribution in [0, 0.1) is 0 Å². The molecule has 0 saturated carbocycles. The van der Waals surface area contributed by atoms with Crippen molar-refractivity contribution in [2.75, 3.05) is 13.1 Å². The summed E-state index contributed by atoms with van der Waals surface area (Å²) in [7, 11) is 0. The van der Waals surface area contributed by atoms with E-state index in [1.54, 1.807) is 6.20 Å². The number of benzene rings is 1. The zero-order chi connectivity index (χ0) is 17.1. The normalized spacial score (nSPS) is 18.4. The molecule has 0 bridgehead atoms. The first kappa shape index (κ1) is 16.2. The van der Waals surface area contributed by atoms with Gasteiger partial charge >= 0.3 is 0 Å². The van der Waals surface area contributed by atoms with E-state index in [-0.39, 0.29) is 0 Å². The highest BCUT2D eigenvalue weighted by molar-refractivity contribution is 6.30. The Morgan fingerprint density at radius 1 is 1.16 bits per heavy atom. The summed E-state index contributed by atoms with van der Waals surface area (Å²) in [6.45, 7) is 2.71. The monoisotopic (exact) mass is 354 g/mol. The van der Waals surface area contributed by atoms with Crippen molar-refractivity contribution < 1.29 is 4.52 Å². The zero-order valence-electron chi connectivity index (χ0n) is 13.8. The summed E-state index contributed by atoms with van der Waals surface area (Å²) < 4.78 is 5.42. The van der Waals surface area contributed by atoms with Crippen molar-refractivity contribution >= 4 is 11.6 Å². The van der Waals surface area contributed by atoms with Gasteiger partial charge in [0.2, 0.25) is 11.7 Å². The molecule has 1 aromatic carbocycles. The largest absolute Gasteiger partial charge is 0.337 e. The van der Waals surface area contributed by atoms with Crippen LogP contribution in [0.4, 0.5) is 0 Å². The number of aromatic nitrogens is 3. The highest BCUT2D eigenvalue weighted by atomic mass is 35.5. The number of nitrogens with zero attached hydrogens (tertiary/aromatic N) is 4. The summed E-state index contributed by atoms with van der Waals surface area (Å²) >= 11 is 6.00. The third-order valence-electron chi connectivity index (χ3n) is 4.57. The molecule has 0 N–H and O–H groups in total. The van der Waals surface area contributed by atoms with Gasteiger partial charge in [-0.2, -0.15) is 4.98 Å². The van der Waals surface area contributed by atoms with Crippen molar-refractivity contribution in [3.05, 3.63) is 65.1 Å². The second-order valence-electron chi connectivity index (χ2n) is 6.35. The van der Waals surface area contributed by atoms with Gasteiger partial charge in [0.1, 0.15) is 5.69 Å². The summed E-state index contributed by atoms with van der Waals surface area (Å²) in [5.74, 6) is 1.70. The fourth-order valence-corrected chi connectivity index (χ4v) is 3.44. The van der Waals surface area contributed by atoms with Crippen molar-refractivity contribution in [3.63, 3.8) is 0 Å². The van der Waals surface area contributed by atoms with E-state index in [2.05, 4.69) is 32.2 Å². The molecule has 0 radical (unpaired) electrons. The number of likely N-dealkylation sites (tertiary alicyclic amines) is 1. The van der Waals surface area contributed by atoms with Crippen LogP contribution in [0.3, 0.4) is 0 Å². The smallest absolute Gasteiger partial charge is 0.241 e. The van der Waals surface area contributed by atoms with Crippen LogP contribution in [-0.2, 0) is 6.54 Å². The molecule has 1 saturated heterocycles. The molecular formula is C19H19ClN4O. The Morgan fingerprint density at radius 3 is 2.84 bits per heavy atom. The lowest BCUT2D eigenvalue weighted by molar-refractivity contribution is 0.177. The maximum Gasteiger partial charge on any atom is 0.241 e. The molecule has 3 heterocycles. The molecule has 25 heavy (non-hydrogen) atoms. The summed E-state index contributed by atoms with van der Waals surface area (Å²) in [5, 5.41) is 4.83. The van der Waals surface area contributed by atoms with Crippen LogP contribution in [0.1, 0.15) is 30.2 Å². The van der Waals surface area contributed by atoms with Crippen LogP contribution >= 0.6 is 11.6 Å². The number of pyridine rings is 1. The van der Waals surface area contributed by atoms with Gasteiger partial charge in [0.25, 0.3) is 0 Å². The van der Waals surface area contributed by atoms with E-state index in [4.69, 9.17) is 16.1 Å². The van der Waals surface area contributed by atoms with Crippen LogP contribution < -0.4 is 0 Å². The quantitative estimate of drug-likeness (QED) is 0.704. The van der Waals surface area contributed by atoms with E-state index in [1.165, 1.54) is 12.0 Å². The molecule has 1 aliphatic rings. The van der Waals surface area contributed by atoms with Gasteiger partial charge in [0, 0.05) is 17.8 Å². The Balaban J connectivity index is 1.42. The molecule has 0 unspecified atom stereocenters. The molecule has 128 valence electrons. The van der Waals surface area contributed by atoms with Gasteiger partial charge in [-0.15, -0.1) is 0 Å². The van der Waals surface area contributed by atoms with E-state index in [0.29, 0.717) is 24.2 Å². The van der Waals surface area contributed by atoms with E-state index < -0.39 is 0 Å². The molecule has 1 fully saturated rings. The standard InChI is InChI=1S/C19H19ClN4O/c20-16-8-6-14(7-9-16)15-4-3-11-24(12-15)13-18-22-19(23-25-18)17-5-1-2-10-21-17/h1-2,5-10,15H,3-4,11-13H2/t15-/m1/s1. The van der Waals surface area contributed by atoms with Crippen molar-refractivity contribution in [3.8, 4) is 11.5 Å². The predicted molar refractivity (Wildman–Crippen MR) is 96.2 cm³/mol. The van der Waals surface area contributed by atoms with E-state index in [0.717, 1.165) is 30.2 Å². The molecule has 6 heteroatoms. The maximum absolute atomic E-state index is 6.00. The van der Waals surface area contributed by atoms with Crippen LogP contribution in [0.5, 0.6) is 0 Å². The first-order valence-corrected chi connectivity index (χ1v) is 8.87. The van der Waals surface area contributed by atoms with Gasteiger partial charge in [-0.25, -0.2) is 0 Å². The number of halogens is 1.